The SMILES string of the molecule is C.Clc1ccc2cc[nH]c2c1. The van der Waals surface area contributed by atoms with Crippen LogP contribution in [0.1, 0.15) is 7.43 Å². The fourth-order valence-electron chi connectivity index (χ4n) is 1.02. The number of aromatic nitrogens is 1. The zero-order chi connectivity index (χ0) is 6.97. The number of hydrogen-bond donors (Lipinski definition) is 1. The average molecular weight is 168 g/mol. The molecule has 0 spiro atoms. The third kappa shape index (κ3) is 1.38. The number of hydrogen-bond acceptors (Lipinski definition) is 0. The summed E-state index contributed by atoms with van der Waals surface area (Å²) >= 11 is 5.76. The number of fused-ring (bicyclic) bond motifs is 1. The highest BCUT2D eigenvalue weighted by atomic mass is 35.5. The molecule has 0 bridgehead atoms. The van der Waals surface area contributed by atoms with Crippen LogP contribution >= 0.6 is 11.6 Å². The maximum absolute atomic E-state index is 5.76. The van der Waals surface area contributed by atoms with Gasteiger partial charge in [-0.1, -0.05) is 25.1 Å². The lowest BCUT2D eigenvalue weighted by atomic mass is 10.2. The Morgan fingerprint density at radius 3 is 2.82 bits per heavy atom. The van der Waals surface area contributed by atoms with E-state index in [-0.39, 0.29) is 7.43 Å². The van der Waals surface area contributed by atoms with Gasteiger partial charge in [-0.2, -0.15) is 0 Å². The molecule has 0 saturated carbocycles. The van der Waals surface area contributed by atoms with Crippen LogP contribution in [0.3, 0.4) is 0 Å². The number of benzene rings is 1. The monoisotopic (exact) mass is 167 g/mol. The molecule has 2 heteroatoms. The lowest BCUT2D eigenvalue weighted by Crippen LogP contribution is -1.65. The van der Waals surface area contributed by atoms with E-state index in [2.05, 4.69) is 4.98 Å². The van der Waals surface area contributed by atoms with Crippen molar-refractivity contribution in [2.45, 2.75) is 7.43 Å². The van der Waals surface area contributed by atoms with Gasteiger partial charge in [0.05, 0.1) is 0 Å². The first kappa shape index (κ1) is 8.15. The van der Waals surface area contributed by atoms with Crippen LogP contribution in [0.2, 0.25) is 5.02 Å². The summed E-state index contributed by atoms with van der Waals surface area (Å²) in [6.07, 6.45) is 1.90. The van der Waals surface area contributed by atoms with Gasteiger partial charge in [0.25, 0.3) is 0 Å². The quantitative estimate of drug-likeness (QED) is 0.619. The summed E-state index contributed by atoms with van der Waals surface area (Å²) in [5.74, 6) is 0. The van der Waals surface area contributed by atoms with E-state index in [4.69, 9.17) is 11.6 Å². The van der Waals surface area contributed by atoms with Crippen molar-refractivity contribution < 1.29 is 0 Å². The summed E-state index contributed by atoms with van der Waals surface area (Å²) in [4.78, 5) is 3.08. The van der Waals surface area contributed by atoms with Crippen LogP contribution in [-0.4, -0.2) is 4.98 Å². The first-order valence-corrected chi connectivity index (χ1v) is 3.47. The molecule has 11 heavy (non-hydrogen) atoms. The predicted octanol–water partition coefficient (Wildman–Crippen LogP) is 3.46. The molecule has 58 valence electrons. The van der Waals surface area contributed by atoms with Gasteiger partial charge in [-0.05, 0) is 23.6 Å². The Labute approximate surface area is 71.0 Å². The normalized spacial score (nSPS) is 9.55. The Morgan fingerprint density at radius 1 is 1.18 bits per heavy atom. The second-order valence-corrected chi connectivity index (χ2v) is 2.65. The van der Waals surface area contributed by atoms with Crippen LogP contribution in [0, 0.1) is 0 Å². The molecule has 0 amide bonds. The molecular formula is C9H10ClN. The Bertz CT molecular complexity index is 351. The molecule has 0 aliphatic heterocycles. The van der Waals surface area contributed by atoms with Crippen molar-refractivity contribution in [3.63, 3.8) is 0 Å². The van der Waals surface area contributed by atoms with Gasteiger partial charge in [-0.25, -0.2) is 0 Å². The van der Waals surface area contributed by atoms with Crippen molar-refractivity contribution >= 4 is 22.5 Å². The maximum atomic E-state index is 5.76. The first-order chi connectivity index (χ1) is 4.86. The first-order valence-electron chi connectivity index (χ1n) is 3.09. The van der Waals surface area contributed by atoms with Crippen LogP contribution in [0.15, 0.2) is 30.5 Å². The van der Waals surface area contributed by atoms with Crippen LogP contribution < -0.4 is 0 Å². The van der Waals surface area contributed by atoms with E-state index >= 15 is 0 Å². The fourth-order valence-corrected chi connectivity index (χ4v) is 1.19. The third-order valence-corrected chi connectivity index (χ3v) is 1.75. The number of halogens is 1. The minimum atomic E-state index is 0. The number of aromatic amines is 1. The van der Waals surface area contributed by atoms with E-state index in [1.54, 1.807) is 0 Å². The summed E-state index contributed by atoms with van der Waals surface area (Å²) in [7, 11) is 0. The summed E-state index contributed by atoms with van der Waals surface area (Å²) in [5.41, 5.74) is 1.09. The molecule has 1 N–H and O–H groups in total. The number of nitrogens with one attached hydrogen (secondary N) is 1. The zero-order valence-electron chi connectivity index (χ0n) is 5.26. The van der Waals surface area contributed by atoms with Crippen molar-refractivity contribution in [3.05, 3.63) is 35.5 Å². The molecule has 2 rings (SSSR count). The van der Waals surface area contributed by atoms with Gasteiger partial charge >= 0.3 is 0 Å². The Kier molecular flexibility index (Phi) is 2.20. The van der Waals surface area contributed by atoms with Gasteiger partial charge in [0, 0.05) is 16.7 Å². The van der Waals surface area contributed by atoms with Crippen LogP contribution in [0.25, 0.3) is 10.9 Å². The highest BCUT2D eigenvalue weighted by molar-refractivity contribution is 6.31. The molecule has 2 aromatic rings. The van der Waals surface area contributed by atoms with Crippen molar-refractivity contribution in [2.24, 2.45) is 0 Å². The second-order valence-electron chi connectivity index (χ2n) is 2.21. The molecule has 1 aromatic heterocycles. The smallest absolute Gasteiger partial charge is 0.0468 e. The van der Waals surface area contributed by atoms with Crippen molar-refractivity contribution in [1.29, 1.82) is 0 Å². The Balaban J connectivity index is 0.000000605. The lowest BCUT2D eigenvalue weighted by Gasteiger charge is -1.88. The van der Waals surface area contributed by atoms with Gasteiger partial charge in [0.15, 0.2) is 0 Å². The minimum Gasteiger partial charge on any atom is -0.361 e. The summed E-state index contributed by atoms with van der Waals surface area (Å²) in [5, 5.41) is 1.97. The summed E-state index contributed by atoms with van der Waals surface area (Å²) < 4.78 is 0. The van der Waals surface area contributed by atoms with Crippen molar-refractivity contribution in [2.75, 3.05) is 0 Å². The molecule has 1 nitrogen and oxygen atoms in total. The summed E-state index contributed by atoms with van der Waals surface area (Å²) in [6, 6.07) is 7.81. The van der Waals surface area contributed by atoms with Gasteiger partial charge in [0.2, 0.25) is 0 Å². The molecule has 0 radical (unpaired) electrons. The molecule has 0 saturated heterocycles. The molecular weight excluding hydrogens is 158 g/mol. The fraction of sp³-hybridized carbons (Fsp3) is 0.111. The summed E-state index contributed by atoms with van der Waals surface area (Å²) in [6.45, 7) is 0. The van der Waals surface area contributed by atoms with Gasteiger partial charge < -0.3 is 4.98 Å². The van der Waals surface area contributed by atoms with Gasteiger partial charge in [-0.3, -0.25) is 0 Å². The van der Waals surface area contributed by atoms with Crippen LogP contribution in [0.4, 0.5) is 0 Å². The van der Waals surface area contributed by atoms with Crippen LogP contribution in [-0.2, 0) is 0 Å². The molecule has 0 atom stereocenters. The van der Waals surface area contributed by atoms with E-state index in [0.29, 0.717) is 0 Å². The average Bonchev–Trinajstić information content (AvgIpc) is 2.33. The van der Waals surface area contributed by atoms with E-state index in [1.165, 1.54) is 5.39 Å². The lowest BCUT2D eigenvalue weighted by molar-refractivity contribution is 1.48. The van der Waals surface area contributed by atoms with E-state index in [0.717, 1.165) is 10.5 Å². The Morgan fingerprint density at radius 2 is 2.00 bits per heavy atom. The third-order valence-electron chi connectivity index (χ3n) is 1.52. The molecule has 1 aromatic carbocycles. The number of rotatable bonds is 0. The predicted molar refractivity (Wildman–Crippen MR) is 50.0 cm³/mol. The zero-order valence-corrected chi connectivity index (χ0v) is 6.02. The van der Waals surface area contributed by atoms with E-state index in [1.807, 2.05) is 30.5 Å². The van der Waals surface area contributed by atoms with Gasteiger partial charge in [0.1, 0.15) is 0 Å². The van der Waals surface area contributed by atoms with E-state index in [9.17, 15) is 0 Å². The standard InChI is InChI=1S/C8H6ClN.CH4/c9-7-2-1-6-3-4-10-8(6)5-7;/h1-5,10H;1H4. The van der Waals surface area contributed by atoms with Crippen molar-refractivity contribution in [1.82, 2.24) is 4.98 Å². The highest BCUT2D eigenvalue weighted by Crippen LogP contribution is 2.16. The minimum absolute atomic E-state index is 0. The molecule has 0 fully saturated rings. The topological polar surface area (TPSA) is 15.8 Å². The number of H-pyrrole nitrogens is 1. The van der Waals surface area contributed by atoms with Gasteiger partial charge in [-0.15, -0.1) is 0 Å². The van der Waals surface area contributed by atoms with Crippen molar-refractivity contribution in [3.8, 4) is 0 Å². The van der Waals surface area contributed by atoms with E-state index < -0.39 is 0 Å². The molecule has 0 aliphatic rings. The Hall–Kier alpha value is -0.950. The molecule has 1 heterocycles. The largest absolute Gasteiger partial charge is 0.361 e. The van der Waals surface area contributed by atoms with Crippen LogP contribution in [0.5, 0.6) is 0 Å². The second kappa shape index (κ2) is 2.97. The molecule has 0 aliphatic carbocycles. The highest BCUT2D eigenvalue weighted by Gasteiger charge is 1.92. The maximum Gasteiger partial charge on any atom is 0.0468 e. The molecule has 0 unspecified atom stereocenters.